The lowest BCUT2D eigenvalue weighted by Gasteiger charge is -2.30. The van der Waals surface area contributed by atoms with Crippen LogP contribution in [-0.4, -0.2) is 42.0 Å². The molecule has 118 valence electrons. The van der Waals surface area contributed by atoms with Crippen molar-refractivity contribution in [3.63, 3.8) is 0 Å². The van der Waals surface area contributed by atoms with Crippen LogP contribution in [0.3, 0.4) is 0 Å². The van der Waals surface area contributed by atoms with Crippen molar-refractivity contribution in [3.8, 4) is 0 Å². The van der Waals surface area contributed by atoms with E-state index < -0.39 is 5.54 Å². The van der Waals surface area contributed by atoms with Gasteiger partial charge in [-0.3, -0.25) is 9.69 Å². The van der Waals surface area contributed by atoms with E-state index in [0.29, 0.717) is 12.5 Å². The summed E-state index contributed by atoms with van der Waals surface area (Å²) in [6.07, 6.45) is 9.59. The van der Waals surface area contributed by atoms with E-state index in [4.69, 9.17) is 0 Å². The Bertz CT molecular complexity index is 396. The average Bonchev–Trinajstić information content (AvgIpc) is 2.70. The van der Waals surface area contributed by atoms with Crippen LogP contribution in [0.15, 0.2) is 0 Å². The number of carbonyl (C=O) groups is 2. The van der Waals surface area contributed by atoms with Crippen LogP contribution in [-0.2, 0) is 4.79 Å². The van der Waals surface area contributed by atoms with Gasteiger partial charge in [-0.1, -0.05) is 32.1 Å². The largest absolute Gasteiger partial charge is 0.325 e. The highest BCUT2D eigenvalue weighted by Gasteiger charge is 2.50. The van der Waals surface area contributed by atoms with E-state index in [9.17, 15) is 9.59 Å². The van der Waals surface area contributed by atoms with Gasteiger partial charge in [0.25, 0.3) is 5.91 Å². The first-order valence-corrected chi connectivity index (χ1v) is 8.56. The van der Waals surface area contributed by atoms with Crippen LogP contribution in [0, 0.1) is 5.92 Å². The maximum atomic E-state index is 12.9. The highest BCUT2D eigenvalue weighted by Crippen LogP contribution is 2.32. The third-order valence-electron chi connectivity index (χ3n) is 5.29. The van der Waals surface area contributed by atoms with Crippen molar-refractivity contribution in [2.24, 2.45) is 5.92 Å². The van der Waals surface area contributed by atoms with Crippen molar-refractivity contribution in [2.75, 3.05) is 19.6 Å². The van der Waals surface area contributed by atoms with Crippen molar-refractivity contribution < 1.29 is 9.59 Å². The van der Waals surface area contributed by atoms with Gasteiger partial charge in [0.1, 0.15) is 5.54 Å². The molecule has 3 rings (SSSR count). The van der Waals surface area contributed by atoms with Crippen molar-refractivity contribution in [2.45, 2.75) is 63.3 Å². The summed E-state index contributed by atoms with van der Waals surface area (Å²) in [5, 5.41) is 6.40. The Balaban J connectivity index is 1.68. The third kappa shape index (κ3) is 3.07. The van der Waals surface area contributed by atoms with E-state index in [-0.39, 0.29) is 11.9 Å². The Morgan fingerprint density at radius 1 is 1.05 bits per heavy atom. The monoisotopic (exact) mass is 293 g/mol. The summed E-state index contributed by atoms with van der Waals surface area (Å²) < 4.78 is 0. The zero-order chi connectivity index (χ0) is 14.7. The normalized spacial score (nSPS) is 30.1. The second-order valence-electron chi connectivity index (χ2n) is 6.91. The highest BCUT2D eigenvalue weighted by molar-refractivity contribution is 6.07. The molecule has 0 bridgehead atoms. The molecule has 2 heterocycles. The maximum Gasteiger partial charge on any atom is 0.325 e. The Kier molecular flexibility index (Phi) is 4.48. The fraction of sp³-hybridized carbons (Fsp3) is 0.875. The molecule has 3 amide bonds. The van der Waals surface area contributed by atoms with Gasteiger partial charge < -0.3 is 10.6 Å². The van der Waals surface area contributed by atoms with Crippen molar-refractivity contribution >= 4 is 11.9 Å². The number of hydrogen-bond donors (Lipinski definition) is 2. The number of imide groups is 1. The minimum Gasteiger partial charge on any atom is -0.323 e. The molecule has 5 nitrogen and oxygen atoms in total. The van der Waals surface area contributed by atoms with Gasteiger partial charge in [-0.2, -0.15) is 0 Å². The first kappa shape index (κ1) is 14.8. The molecule has 1 spiro atoms. The van der Waals surface area contributed by atoms with Crippen LogP contribution < -0.4 is 10.6 Å². The van der Waals surface area contributed by atoms with Crippen LogP contribution >= 0.6 is 0 Å². The number of piperidine rings is 1. The Hall–Kier alpha value is -1.10. The molecule has 0 aromatic rings. The van der Waals surface area contributed by atoms with Gasteiger partial charge in [0.15, 0.2) is 0 Å². The molecule has 1 unspecified atom stereocenters. The molecule has 5 heteroatoms. The molecular formula is C16H27N3O2. The fourth-order valence-electron chi connectivity index (χ4n) is 4.03. The molecule has 21 heavy (non-hydrogen) atoms. The molecule has 0 radical (unpaired) electrons. The summed E-state index contributed by atoms with van der Waals surface area (Å²) >= 11 is 0. The number of carbonyl (C=O) groups excluding carboxylic acids is 2. The van der Waals surface area contributed by atoms with E-state index in [1.54, 1.807) is 0 Å². The van der Waals surface area contributed by atoms with Crippen molar-refractivity contribution in [3.05, 3.63) is 0 Å². The number of urea groups is 1. The van der Waals surface area contributed by atoms with Crippen molar-refractivity contribution in [1.29, 1.82) is 0 Å². The predicted molar refractivity (Wildman–Crippen MR) is 80.9 cm³/mol. The van der Waals surface area contributed by atoms with Gasteiger partial charge in [-0.25, -0.2) is 4.79 Å². The maximum absolute atomic E-state index is 12.9. The molecular weight excluding hydrogens is 266 g/mol. The van der Waals surface area contributed by atoms with E-state index in [2.05, 4.69) is 10.6 Å². The Labute approximate surface area is 126 Å². The van der Waals surface area contributed by atoms with Crippen LogP contribution in [0.1, 0.15) is 57.8 Å². The molecule has 0 aromatic heterocycles. The minimum absolute atomic E-state index is 0.0416. The molecule has 1 atom stereocenters. The highest BCUT2D eigenvalue weighted by atomic mass is 16.2. The number of hydrogen-bond acceptors (Lipinski definition) is 3. The number of nitrogens with zero attached hydrogens (tertiary/aromatic N) is 1. The van der Waals surface area contributed by atoms with E-state index in [0.717, 1.165) is 51.6 Å². The molecule has 0 aromatic carbocycles. The first-order chi connectivity index (χ1) is 10.2. The van der Waals surface area contributed by atoms with Crippen molar-refractivity contribution in [1.82, 2.24) is 15.5 Å². The molecule has 1 aliphatic carbocycles. The topological polar surface area (TPSA) is 61.4 Å². The summed E-state index contributed by atoms with van der Waals surface area (Å²) in [6, 6.07) is -0.161. The third-order valence-corrected chi connectivity index (χ3v) is 5.29. The summed E-state index contributed by atoms with van der Waals surface area (Å²) in [7, 11) is 0. The average molecular weight is 293 g/mol. The molecule has 2 aliphatic heterocycles. The van der Waals surface area contributed by atoms with Gasteiger partial charge in [-0.15, -0.1) is 0 Å². The summed E-state index contributed by atoms with van der Waals surface area (Å²) in [6.45, 7) is 2.56. The van der Waals surface area contributed by atoms with Gasteiger partial charge in [0.05, 0.1) is 0 Å². The summed E-state index contributed by atoms with van der Waals surface area (Å²) in [5.74, 6) is 0.456. The molecule has 2 N–H and O–H groups in total. The SMILES string of the molecule is O=C1NC2(CCCCCCC2)C(=O)N1CC1CCCNC1. The molecule has 3 aliphatic rings. The van der Waals surface area contributed by atoms with Crippen LogP contribution in [0.5, 0.6) is 0 Å². The van der Waals surface area contributed by atoms with Crippen LogP contribution in [0.4, 0.5) is 4.79 Å². The smallest absolute Gasteiger partial charge is 0.323 e. The van der Waals surface area contributed by atoms with Gasteiger partial charge in [0.2, 0.25) is 0 Å². The zero-order valence-electron chi connectivity index (χ0n) is 12.8. The van der Waals surface area contributed by atoms with E-state index in [1.807, 2.05) is 0 Å². The van der Waals surface area contributed by atoms with Gasteiger partial charge in [-0.05, 0) is 44.7 Å². The standard InChI is InChI=1S/C16H27N3O2/c20-14-16(8-4-2-1-3-5-9-16)18-15(21)19(14)12-13-7-6-10-17-11-13/h13,17H,1-12H2,(H,18,21). The van der Waals surface area contributed by atoms with Crippen LogP contribution in [0.25, 0.3) is 0 Å². The number of rotatable bonds is 2. The summed E-state index contributed by atoms with van der Waals surface area (Å²) in [4.78, 5) is 26.7. The fourth-order valence-corrected chi connectivity index (χ4v) is 4.03. The Morgan fingerprint density at radius 2 is 1.76 bits per heavy atom. The first-order valence-electron chi connectivity index (χ1n) is 8.56. The van der Waals surface area contributed by atoms with Gasteiger partial charge >= 0.3 is 6.03 Å². The lowest BCUT2D eigenvalue weighted by Crippen LogP contribution is -2.48. The van der Waals surface area contributed by atoms with E-state index in [1.165, 1.54) is 24.2 Å². The van der Waals surface area contributed by atoms with Crippen LogP contribution in [0.2, 0.25) is 0 Å². The second-order valence-corrected chi connectivity index (χ2v) is 6.91. The Morgan fingerprint density at radius 3 is 2.43 bits per heavy atom. The lowest BCUT2D eigenvalue weighted by atomic mass is 9.84. The zero-order valence-corrected chi connectivity index (χ0v) is 12.8. The second kappa shape index (κ2) is 6.34. The molecule has 3 fully saturated rings. The number of nitrogens with one attached hydrogen (secondary N) is 2. The lowest BCUT2D eigenvalue weighted by molar-refractivity contribution is -0.132. The van der Waals surface area contributed by atoms with Gasteiger partial charge in [0, 0.05) is 6.54 Å². The van der Waals surface area contributed by atoms with E-state index >= 15 is 0 Å². The quantitative estimate of drug-likeness (QED) is 0.766. The molecule has 2 saturated heterocycles. The predicted octanol–water partition coefficient (Wildman–Crippen LogP) is 2.02. The summed E-state index contributed by atoms with van der Waals surface area (Å²) in [5.41, 5.74) is -0.584. The molecule has 1 saturated carbocycles. The minimum atomic E-state index is -0.584. The number of amides is 3.